The van der Waals surface area contributed by atoms with Gasteiger partial charge in [-0.2, -0.15) is 5.26 Å². The third kappa shape index (κ3) is 3.76. The largest absolute Gasteiger partial charge is 0.300 e. The summed E-state index contributed by atoms with van der Waals surface area (Å²) >= 11 is 0. The highest BCUT2D eigenvalue weighted by Crippen LogP contribution is 2.41. The molecule has 0 radical (unpaired) electrons. The van der Waals surface area contributed by atoms with E-state index in [4.69, 9.17) is 0 Å². The van der Waals surface area contributed by atoms with Crippen LogP contribution in [0.1, 0.15) is 78.1 Å². The molecule has 2 heteroatoms. The predicted molar refractivity (Wildman–Crippen MR) is 84.4 cm³/mol. The first-order valence-electron chi connectivity index (χ1n) is 8.88. The Hall–Kier alpha value is -0.550. The third-order valence-corrected chi connectivity index (χ3v) is 5.74. The lowest BCUT2D eigenvalue weighted by Crippen LogP contribution is -2.44. The second kappa shape index (κ2) is 7.46. The van der Waals surface area contributed by atoms with Gasteiger partial charge in [-0.15, -0.1) is 0 Å². The van der Waals surface area contributed by atoms with Crippen LogP contribution in [0.15, 0.2) is 0 Å². The first-order valence-corrected chi connectivity index (χ1v) is 8.88. The maximum atomic E-state index is 9.50. The number of likely N-dealkylation sites (tertiary alicyclic amines) is 1. The maximum Gasteiger partial charge on any atom is 0.0689 e. The minimum absolute atomic E-state index is 0.0196. The third-order valence-electron chi connectivity index (χ3n) is 5.74. The molecule has 0 spiro atoms. The van der Waals surface area contributed by atoms with Crippen LogP contribution in [0.4, 0.5) is 0 Å². The first-order chi connectivity index (χ1) is 9.73. The summed E-state index contributed by atoms with van der Waals surface area (Å²) in [6, 6.07) is 3.42. The van der Waals surface area contributed by atoms with Gasteiger partial charge in [0.25, 0.3) is 0 Å². The molecule has 0 atom stereocenters. The summed E-state index contributed by atoms with van der Waals surface area (Å²) in [6.45, 7) is 7.14. The highest BCUT2D eigenvalue weighted by molar-refractivity contribution is 5.02. The number of hydrogen-bond acceptors (Lipinski definition) is 2. The molecule has 1 aliphatic carbocycles. The minimum Gasteiger partial charge on any atom is -0.300 e. The Morgan fingerprint density at radius 1 is 1.05 bits per heavy atom. The van der Waals surface area contributed by atoms with E-state index in [1.807, 2.05) is 0 Å². The summed E-state index contributed by atoms with van der Waals surface area (Å²) in [6.07, 6.45) is 12.6. The molecule has 2 nitrogen and oxygen atoms in total. The van der Waals surface area contributed by atoms with Crippen molar-refractivity contribution in [2.24, 2.45) is 11.3 Å². The van der Waals surface area contributed by atoms with Gasteiger partial charge in [-0.1, -0.05) is 33.1 Å². The summed E-state index contributed by atoms with van der Waals surface area (Å²) in [7, 11) is 0. The fourth-order valence-corrected chi connectivity index (χ4v) is 4.43. The van der Waals surface area contributed by atoms with Crippen LogP contribution in [0.5, 0.6) is 0 Å². The van der Waals surface area contributed by atoms with Crippen molar-refractivity contribution in [3.05, 3.63) is 0 Å². The standard InChI is InChI=1S/C18H32N2/c1-3-5-16-8-13-20(14-9-16)17-6-11-18(15-19,10-4-2)12-7-17/h16-17H,3-14H2,1-2H3. The molecule has 1 saturated heterocycles. The molecule has 1 aliphatic heterocycles. The lowest BCUT2D eigenvalue weighted by Gasteiger charge is -2.43. The van der Waals surface area contributed by atoms with Crippen LogP contribution in [-0.4, -0.2) is 24.0 Å². The Morgan fingerprint density at radius 3 is 2.20 bits per heavy atom. The summed E-state index contributed by atoms with van der Waals surface area (Å²) < 4.78 is 0. The van der Waals surface area contributed by atoms with Crippen molar-refractivity contribution < 1.29 is 0 Å². The first kappa shape index (κ1) is 15.8. The maximum absolute atomic E-state index is 9.50. The van der Waals surface area contributed by atoms with Gasteiger partial charge in [-0.25, -0.2) is 0 Å². The molecule has 2 aliphatic rings. The quantitative estimate of drug-likeness (QED) is 0.724. The molecule has 0 amide bonds. The molecule has 0 aromatic rings. The Labute approximate surface area is 125 Å². The molecule has 0 aromatic carbocycles. The fraction of sp³-hybridized carbons (Fsp3) is 0.944. The van der Waals surface area contributed by atoms with Crippen molar-refractivity contribution in [1.82, 2.24) is 4.90 Å². The van der Waals surface area contributed by atoms with Crippen molar-refractivity contribution in [2.45, 2.75) is 84.1 Å². The summed E-state index contributed by atoms with van der Waals surface area (Å²) in [5, 5.41) is 9.50. The van der Waals surface area contributed by atoms with Gasteiger partial charge in [0, 0.05) is 6.04 Å². The average Bonchev–Trinajstić information content (AvgIpc) is 2.50. The van der Waals surface area contributed by atoms with E-state index in [0.29, 0.717) is 0 Å². The monoisotopic (exact) mass is 276 g/mol. The average molecular weight is 276 g/mol. The number of hydrogen-bond donors (Lipinski definition) is 0. The van der Waals surface area contributed by atoms with Gasteiger partial charge in [0.15, 0.2) is 0 Å². The zero-order chi connectivity index (χ0) is 14.4. The van der Waals surface area contributed by atoms with E-state index >= 15 is 0 Å². The Morgan fingerprint density at radius 2 is 1.70 bits per heavy atom. The summed E-state index contributed by atoms with van der Waals surface area (Å²) in [4.78, 5) is 2.74. The van der Waals surface area contributed by atoms with E-state index in [1.54, 1.807) is 0 Å². The highest BCUT2D eigenvalue weighted by Gasteiger charge is 2.37. The van der Waals surface area contributed by atoms with E-state index in [9.17, 15) is 5.26 Å². The smallest absolute Gasteiger partial charge is 0.0689 e. The van der Waals surface area contributed by atoms with Gasteiger partial charge in [0.05, 0.1) is 11.5 Å². The van der Waals surface area contributed by atoms with E-state index in [-0.39, 0.29) is 5.41 Å². The summed E-state index contributed by atoms with van der Waals surface area (Å²) in [5.74, 6) is 0.984. The van der Waals surface area contributed by atoms with Gasteiger partial charge in [-0.05, 0) is 64.0 Å². The zero-order valence-electron chi connectivity index (χ0n) is 13.5. The second-order valence-electron chi connectivity index (χ2n) is 7.14. The fourth-order valence-electron chi connectivity index (χ4n) is 4.43. The van der Waals surface area contributed by atoms with Gasteiger partial charge in [0.1, 0.15) is 0 Å². The second-order valence-corrected chi connectivity index (χ2v) is 7.14. The Kier molecular flexibility index (Phi) is 5.90. The van der Waals surface area contributed by atoms with Crippen LogP contribution in [0.25, 0.3) is 0 Å². The molecule has 2 fully saturated rings. The minimum atomic E-state index is 0.0196. The van der Waals surface area contributed by atoms with Crippen molar-refractivity contribution in [1.29, 1.82) is 5.26 Å². The molecule has 1 heterocycles. The molecule has 20 heavy (non-hydrogen) atoms. The van der Waals surface area contributed by atoms with E-state index in [2.05, 4.69) is 24.8 Å². The van der Waals surface area contributed by atoms with Crippen LogP contribution in [0, 0.1) is 22.7 Å². The van der Waals surface area contributed by atoms with E-state index in [0.717, 1.165) is 37.6 Å². The van der Waals surface area contributed by atoms with E-state index in [1.165, 1.54) is 51.6 Å². The SMILES string of the molecule is CCCC1CCN(C2CCC(C#N)(CCC)CC2)CC1. The normalized spacial score (nSPS) is 33.0. The van der Waals surface area contributed by atoms with Gasteiger partial charge < -0.3 is 4.90 Å². The molecular formula is C18H32N2. The molecule has 0 bridgehead atoms. The van der Waals surface area contributed by atoms with Gasteiger partial charge in [-0.3, -0.25) is 0 Å². The van der Waals surface area contributed by atoms with Gasteiger partial charge >= 0.3 is 0 Å². The topological polar surface area (TPSA) is 27.0 Å². The number of nitriles is 1. The number of piperidine rings is 1. The molecule has 1 saturated carbocycles. The van der Waals surface area contributed by atoms with Gasteiger partial charge in [0.2, 0.25) is 0 Å². The van der Waals surface area contributed by atoms with Crippen LogP contribution in [0.2, 0.25) is 0 Å². The predicted octanol–water partition coefficient (Wildman–Crippen LogP) is 4.75. The lowest BCUT2D eigenvalue weighted by atomic mass is 9.70. The van der Waals surface area contributed by atoms with Crippen molar-refractivity contribution in [3.8, 4) is 6.07 Å². The number of nitrogens with zero attached hydrogens (tertiary/aromatic N) is 2. The Balaban J connectivity index is 1.79. The molecule has 114 valence electrons. The molecule has 0 unspecified atom stereocenters. The summed E-state index contributed by atoms with van der Waals surface area (Å²) in [5.41, 5.74) is 0.0196. The van der Waals surface area contributed by atoms with Crippen molar-refractivity contribution >= 4 is 0 Å². The van der Waals surface area contributed by atoms with Crippen molar-refractivity contribution in [2.75, 3.05) is 13.1 Å². The van der Waals surface area contributed by atoms with E-state index < -0.39 is 0 Å². The molecule has 0 N–H and O–H groups in total. The molecular weight excluding hydrogens is 244 g/mol. The van der Waals surface area contributed by atoms with Crippen LogP contribution in [-0.2, 0) is 0 Å². The Bertz CT molecular complexity index is 315. The van der Waals surface area contributed by atoms with Crippen LogP contribution in [0.3, 0.4) is 0 Å². The molecule has 2 rings (SSSR count). The molecule has 0 aromatic heterocycles. The van der Waals surface area contributed by atoms with Crippen LogP contribution < -0.4 is 0 Å². The number of rotatable bonds is 5. The zero-order valence-corrected chi connectivity index (χ0v) is 13.5. The highest BCUT2D eigenvalue weighted by atomic mass is 15.2. The lowest BCUT2D eigenvalue weighted by molar-refractivity contribution is 0.0764. The van der Waals surface area contributed by atoms with Crippen molar-refractivity contribution in [3.63, 3.8) is 0 Å². The van der Waals surface area contributed by atoms with Crippen LogP contribution >= 0.6 is 0 Å².